The van der Waals surface area contributed by atoms with Gasteiger partial charge in [0, 0.05) is 12.6 Å². The first-order valence-corrected chi connectivity index (χ1v) is 8.97. The van der Waals surface area contributed by atoms with Crippen molar-refractivity contribution in [3.8, 4) is 0 Å². The fourth-order valence-electron chi connectivity index (χ4n) is 4.75. The molecule has 122 valence electrons. The Morgan fingerprint density at radius 3 is 2.48 bits per heavy atom. The molecule has 1 amide bonds. The van der Waals surface area contributed by atoms with Crippen LogP contribution >= 0.6 is 0 Å². The third-order valence-electron chi connectivity index (χ3n) is 5.72. The topological polar surface area (TPSA) is 55.1 Å². The first kappa shape index (κ1) is 16.8. The molecule has 2 rings (SSSR count). The quantitative estimate of drug-likeness (QED) is 0.815. The van der Waals surface area contributed by atoms with Crippen LogP contribution in [0.2, 0.25) is 0 Å². The van der Waals surface area contributed by atoms with Gasteiger partial charge < -0.3 is 11.1 Å². The second-order valence-electron chi connectivity index (χ2n) is 8.12. The molecule has 0 aromatic heterocycles. The Balaban J connectivity index is 1.92. The molecule has 2 aliphatic carbocycles. The SMILES string of the molecule is CC(C)CC1(CNC(=O)C2C(C)CCCC2N)CCCC1. The van der Waals surface area contributed by atoms with Gasteiger partial charge in [-0.2, -0.15) is 0 Å². The predicted octanol–water partition coefficient (Wildman–Crippen LogP) is 3.47. The van der Waals surface area contributed by atoms with Gasteiger partial charge in [-0.1, -0.05) is 40.0 Å². The van der Waals surface area contributed by atoms with Crippen LogP contribution in [0.4, 0.5) is 0 Å². The Hall–Kier alpha value is -0.570. The molecule has 2 saturated carbocycles. The van der Waals surface area contributed by atoms with Crippen molar-refractivity contribution >= 4 is 5.91 Å². The lowest BCUT2D eigenvalue weighted by Gasteiger charge is -2.36. The molecule has 0 spiro atoms. The molecule has 0 bridgehead atoms. The Morgan fingerprint density at radius 2 is 1.90 bits per heavy atom. The molecule has 3 heteroatoms. The molecule has 3 N–H and O–H groups in total. The summed E-state index contributed by atoms with van der Waals surface area (Å²) >= 11 is 0. The average molecular weight is 294 g/mol. The van der Waals surface area contributed by atoms with Crippen LogP contribution in [-0.4, -0.2) is 18.5 Å². The molecular weight excluding hydrogens is 260 g/mol. The number of hydrogen-bond acceptors (Lipinski definition) is 2. The van der Waals surface area contributed by atoms with E-state index in [-0.39, 0.29) is 17.9 Å². The Labute approximate surface area is 130 Å². The summed E-state index contributed by atoms with van der Waals surface area (Å²) in [5.41, 5.74) is 6.56. The molecule has 0 saturated heterocycles. The molecule has 2 fully saturated rings. The number of rotatable bonds is 5. The lowest BCUT2D eigenvalue weighted by Crippen LogP contribution is -2.49. The van der Waals surface area contributed by atoms with Gasteiger partial charge >= 0.3 is 0 Å². The number of hydrogen-bond donors (Lipinski definition) is 2. The molecular formula is C18H34N2O. The monoisotopic (exact) mass is 294 g/mol. The molecule has 3 nitrogen and oxygen atoms in total. The zero-order chi connectivity index (χ0) is 15.5. The van der Waals surface area contributed by atoms with Crippen LogP contribution in [0.1, 0.15) is 72.1 Å². The smallest absolute Gasteiger partial charge is 0.224 e. The molecule has 3 atom stereocenters. The standard InChI is InChI=1S/C18H34N2O/c1-13(2)11-18(9-4-5-10-18)12-20-17(21)16-14(3)7-6-8-15(16)19/h13-16H,4-12,19H2,1-3H3,(H,20,21). The lowest BCUT2D eigenvalue weighted by molar-refractivity contribution is -0.128. The molecule has 21 heavy (non-hydrogen) atoms. The van der Waals surface area contributed by atoms with Gasteiger partial charge in [0.25, 0.3) is 0 Å². The first-order valence-electron chi connectivity index (χ1n) is 8.97. The third kappa shape index (κ3) is 4.21. The highest BCUT2D eigenvalue weighted by Gasteiger charge is 2.37. The third-order valence-corrected chi connectivity index (χ3v) is 5.72. The van der Waals surface area contributed by atoms with Gasteiger partial charge in [0.15, 0.2) is 0 Å². The second-order valence-corrected chi connectivity index (χ2v) is 8.12. The van der Waals surface area contributed by atoms with E-state index in [9.17, 15) is 4.79 Å². The fraction of sp³-hybridized carbons (Fsp3) is 0.944. The highest BCUT2D eigenvalue weighted by molar-refractivity contribution is 5.79. The predicted molar refractivity (Wildman–Crippen MR) is 87.8 cm³/mol. The van der Waals surface area contributed by atoms with Gasteiger partial charge in [0.2, 0.25) is 5.91 Å². The zero-order valence-corrected chi connectivity index (χ0v) is 14.2. The summed E-state index contributed by atoms with van der Waals surface area (Å²) in [6, 6.07) is 0.0541. The van der Waals surface area contributed by atoms with Crippen molar-refractivity contribution in [2.45, 2.75) is 78.2 Å². The second kappa shape index (κ2) is 7.13. The number of nitrogens with two attached hydrogens (primary N) is 1. The van der Waals surface area contributed by atoms with Gasteiger partial charge in [0.05, 0.1) is 5.92 Å². The van der Waals surface area contributed by atoms with E-state index in [1.165, 1.54) is 38.5 Å². The maximum atomic E-state index is 12.6. The maximum absolute atomic E-state index is 12.6. The minimum absolute atomic E-state index is 0.0243. The van der Waals surface area contributed by atoms with E-state index in [0.29, 0.717) is 17.3 Å². The van der Waals surface area contributed by atoms with Crippen LogP contribution in [0.5, 0.6) is 0 Å². The van der Waals surface area contributed by atoms with Crippen molar-refractivity contribution in [1.82, 2.24) is 5.32 Å². The van der Waals surface area contributed by atoms with Crippen molar-refractivity contribution in [2.75, 3.05) is 6.54 Å². The number of amides is 1. The molecule has 0 radical (unpaired) electrons. The summed E-state index contributed by atoms with van der Waals surface area (Å²) in [5.74, 6) is 1.37. The van der Waals surface area contributed by atoms with Crippen LogP contribution in [0, 0.1) is 23.2 Å². The molecule has 0 aromatic carbocycles. The van der Waals surface area contributed by atoms with Crippen molar-refractivity contribution in [1.29, 1.82) is 0 Å². The average Bonchev–Trinajstić information content (AvgIpc) is 2.84. The van der Waals surface area contributed by atoms with Crippen molar-refractivity contribution < 1.29 is 4.79 Å². The molecule has 0 aliphatic heterocycles. The Morgan fingerprint density at radius 1 is 1.24 bits per heavy atom. The minimum Gasteiger partial charge on any atom is -0.355 e. The van der Waals surface area contributed by atoms with E-state index in [1.807, 2.05) is 0 Å². The highest BCUT2D eigenvalue weighted by Crippen LogP contribution is 2.42. The van der Waals surface area contributed by atoms with Crippen molar-refractivity contribution in [3.05, 3.63) is 0 Å². The molecule has 2 aliphatic rings. The molecule has 0 heterocycles. The summed E-state index contributed by atoms with van der Waals surface area (Å²) in [7, 11) is 0. The van der Waals surface area contributed by atoms with E-state index >= 15 is 0 Å². The Bertz CT molecular complexity index is 337. The van der Waals surface area contributed by atoms with Crippen LogP contribution in [0.3, 0.4) is 0 Å². The molecule has 0 aromatic rings. The lowest BCUT2D eigenvalue weighted by atomic mass is 9.75. The number of carbonyl (C=O) groups excluding carboxylic acids is 1. The van der Waals surface area contributed by atoms with Gasteiger partial charge in [-0.3, -0.25) is 4.79 Å². The first-order chi connectivity index (χ1) is 9.93. The maximum Gasteiger partial charge on any atom is 0.224 e. The van der Waals surface area contributed by atoms with Gasteiger partial charge in [-0.05, 0) is 49.4 Å². The number of carbonyl (C=O) groups is 1. The number of nitrogens with one attached hydrogen (secondary N) is 1. The summed E-state index contributed by atoms with van der Waals surface area (Å²) < 4.78 is 0. The van der Waals surface area contributed by atoms with Gasteiger partial charge in [0.1, 0.15) is 0 Å². The van der Waals surface area contributed by atoms with E-state index in [2.05, 4.69) is 26.1 Å². The van der Waals surface area contributed by atoms with Crippen LogP contribution in [0.25, 0.3) is 0 Å². The van der Waals surface area contributed by atoms with E-state index < -0.39 is 0 Å². The molecule has 3 unspecified atom stereocenters. The van der Waals surface area contributed by atoms with Gasteiger partial charge in [-0.15, -0.1) is 0 Å². The summed E-state index contributed by atoms with van der Waals surface area (Å²) in [6.07, 6.45) is 9.74. The van der Waals surface area contributed by atoms with E-state index in [4.69, 9.17) is 5.73 Å². The van der Waals surface area contributed by atoms with Gasteiger partial charge in [-0.25, -0.2) is 0 Å². The summed E-state index contributed by atoms with van der Waals surface area (Å²) in [5, 5.41) is 3.28. The summed E-state index contributed by atoms with van der Waals surface area (Å²) in [4.78, 5) is 12.6. The summed E-state index contributed by atoms with van der Waals surface area (Å²) in [6.45, 7) is 7.63. The van der Waals surface area contributed by atoms with Crippen LogP contribution in [-0.2, 0) is 4.79 Å². The fourth-order valence-corrected chi connectivity index (χ4v) is 4.75. The van der Waals surface area contributed by atoms with E-state index in [1.54, 1.807) is 0 Å². The Kier molecular flexibility index (Phi) is 5.70. The van der Waals surface area contributed by atoms with Crippen LogP contribution in [0.15, 0.2) is 0 Å². The highest BCUT2D eigenvalue weighted by atomic mass is 16.1. The van der Waals surface area contributed by atoms with Crippen molar-refractivity contribution in [2.24, 2.45) is 28.9 Å². The van der Waals surface area contributed by atoms with Crippen LogP contribution < -0.4 is 11.1 Å². The largest absolute Gasteiger partial charge is 0.355 e. The zero-order valence-electron chi connectivity index (χ0n) is 14.2. The van der Waals surface area contributed by atoms with E-state index in [0.717, 1.165) is 19.4 Å². The minimum atomic E-state index is 0.0243. The normalized spacial score (nSPS) is 32.3. The van der Waals surface area contributed by atoms with Crippen molar-refractivity contribution in [3.63, 3.8) is 0 Å².